The molecule has 0 aliphatic rings. The van der Waals surface area contributed by atoms with Crippen molar-refractivity contribution in [3.05, 3.63) is 64.1 Å². The van der Waals surface area contributed by atoms with Crippen LogP contribution in [0.25, 0.3) is 0 Å². The largest absolute Gasteiger partial charge is 0.350 e. The number of carbonyl (C=O) groups is 1. The lowest BCUT2D eigenvalue weighted by atomic mass is 10.1. The molecule has 2 aromatic carbocycles. The summed E-state index contributed by atoms with van der Waals surface area (Å²) in [4.78, 5) is 12.1. The van der Waals surface area contributed by atoms with Crippen LogP contribution in [0.4, 0.5) is 0 Å². The Labute approximate surface area is 157 Å². The van der Waals surface area contributed by atoms with Gasteiger partial charge >= 0.3 is 0 Å². The first-order chi connectivity index (χ1) is 11.8. The van der Waals surface area contributed by atoms with Gasteiger partial charge in [-0.15, -0.1) is 0 Å². The van der Waals surface area contributed by atoms with Gasteiger partial charge in [-0.1, -0.05) is 41.4 Å². The Morgan fingerprint density at radius 1 is 1.08 bits per heavy atom. The molecule has 2 aromatic rings. The van der Waals surface area contributed by atoms with Gasteiger partial charge in [-0.3, -0.25) is 4.79 Å². The van der Waals surface area contributed by atoms with E-state index in [9.17, 15) is 13.2 Å². The molecule has 0 saturated carbocycles. The average Bonchev–Trinajstić information content (AvgIpc) is 2.54. The van der Waals surface area contributed by atoms with Crippen LogP contribution >= 0.6 is 23.2 Å². The van der Waals surface area contributed by atoms with Gasteiger partial charge in [0.2, 0.25) is 15.9 Å². The highest BCUT2D eigenvalue weighted by Crippen LogP contribution is 2.17. The Bertz CT molecular complexity index is 856. The van der Waals surface area contributed by atoms with Crippen molar-refractivity contribution >= 4 is 39.1 Å². The Hall–Kier alpha value is -1.60. The smallest absolute Gasteiger partial charge is 0.240 e. The third-order valence-corrected chi connectivity index (χ3v) is 5.41. The van der Waals surface area contributed by atoms with Crippen molar-refractivity contribution in [3.63, 3.8) is 0 Å². The fourth-order valence-electron chi connectivity index (χ4n) is 2.19. The maximum absolute atomic E-state index is 12.1. The summed E-state index contributed by atoms with van der Waals surface area (Å²) in [5.74, 6) is -0.263. The molecule has 1 amide bonds. The van der Waals surface area contributed by atoms with Crippen molar-refractivity contribution in [3.8, 4) is 0 Å². The van der Waals surface area contributed by atoms with E-state index in [2.05, 4.69) is 10.0 Å². The molecule has 1 unspecified atom stereocenters. The van der Waals surface area contributed by atoms with E-state index in [1.54, 1.807) is 30.3 Å². The zero-order valence-corrected chi connectivity index (χ0v) is 15.8. The predicted molar refractivity (Wildman–Crippen MR) is 99.3 cm³/mol. The van der Waals surface area contributed by atoms with Crippen molar-refractivity contribution < 1.29 is 13.2 Å². The molecule has 0 spiro atoms. The molecule has 2 N–H and O–H groups in total. The van der Waals surface area contributed by atoms with Crippen molar-refractivity contribution in [1.29, 1.82) is 0 Å². The van der Waals surface area contributed by atoms with E-state index >= 15 is 0 Å². The second-order valence-corrected chi connectivity index (χ2v) is 8.09. The number of amides is 1. The van der Waals surface area contributed by atoms with Gasteiger partial charge in [-0.25, -0.2) is 13.1 Å². The van der Waals surface area contributed by atoms with Gasteiger partial charge in [-0.2, -0.15) is 0 Å². The van der Waals surface area contributed by atoms with Crippen LogP contribution in [0.3, 0.4) is 0 Å². The molecule has 0 aliphatic heterocycles. The van der Waals surface area contributed by atoms with Crippen LogP contribution in [0.1, 0.15) is 24.9 Å². The predicted octanol–water partition coefficient (Wildman–Crippen LogP) is 3.54. The van der Waals surface area contributed by atoms with Crippen LogP contribution < -0.4 is 10.0 Å². The van der Waals surface area contributed by atoms with Gasteiger partial charge in [0, 0.05) is 23.0 Å². The van der Waals surface area contributed by atoms with Gasteiger partial charge in [0.25, 0.3) is 0 Å². The fraction of sp³-hybridized carbons (Fsp3) is 0.235. The zero-order valence-electron chi connectivity index (χ0n) is 13.5. The van der Waals surface area contributed by atoms with E-state index in [0.29, 0.717) is 10.0 Å². The first kappa shape index (κ1) is 19.7. The number of benzene rings is 2. The molecule has 134 valence electrons. The number of halogens is 2. The lowest BCUT2D eigenvalue weighted by Gasteiger charge is -2.15. The van der Waals surface area contributed by atoms with Crippen LogP contribution in [-0.2, 0) is 14.8 Å². The summed E-state index contributed by atoms with van der Waals surface area (Å²) in [6.07, 6.45) is 0.0186. The highest BCUT2D eigenvalue weighted by molar-refractivity contribution is 7.89. The molecule has 0 aliphatic carbocycles. The van der Waals surface area contributed by atoms with Crippen molar-refractivity contribution in [2.45, 2.75) is 24.3 Å². The van der Waals surface area contributed by atoms with Crippen LogP contribution in [0, 0.1) is 0 Å². The van der Waals surface area contributed by atoms with Gasteiger partial charge < -0.3 is 5.32 Å². The summed E-state index contributed by atoms with van der Waals surface area (Å²) < 4.78 is 26.6. The average molecular weight is 401 g/mol. The number of rotatable bonds is 7. The summed E-state index contributed by atoms with van der Waals surface area (Å²) in [5.41, 5.74) is 0.875. The Balaban J connectivity index is 1.86. The molecule has 5 nitrogen and oxygen atoms in total. The highest BCUT2D eigenvalue weighted by atomic mass is 35.5. The maximum atomic E-state index is 12.1. The normalized spacial score (nSPS) is 12.6. The third-order valence-electron chi connectivity index (χ3n) is 3.48. The van der Waals surface area contributed by atoms with Crippen molar-refractivity contribution in [1.82, 2.24) is 10.0 Å². The van der Waals surface area contributed by atoms with Crippen LogP contribution in [0.15, 0.2) is 53.4 Å². The Morgan fingerprint density at radius 2 is 1.72 bits per heavy atom. The first-order valence-corrected chi connectivity index (χ1v) is 9.82. The molecule has 0 saturated heterocycles. The SMILES string of the molecule is CC(NC(=O)CCNS(=O)(=O)c1cccc(Cl)c1)c1cccc(Cl)c1. The second kappa shape index (κ2) is 8.67. The molecule has 0 heterocycles. The van der Waals surface area contributed by atoms with Crippen LogP contribution in [0.5, 0.6) is 0 Å². The minimum Gasteiger partial charge on any atom is -0.350 e. The minimum absolute atomic E-state index is 0.0110. The van der Waals surface area contributed by atoms with Crippen molar-refractivity contribution in [2.24, 2.45) is 0 Å². The number of carbonyl (C=O) groups excluding carboxylic acids is 1. The van der Waals surface area contributed by atoms with Crippen LogP contribution in [-0.4, -0.2) is 20.9 Å². The fourth-order valence-corrected chi connectivity index (χ4v) is 3.72. The van der Waals surface area contributed by atoms with E-state index in [-0.39, 0.29) is 29.8 Å². The lowest BCUT2D eigenvalue weighted by Crippen LogP contribution is -2.32. The number of nitrogens with one attached hydrogen (secondary N) is 2. The minimum atomic E-state index is -3.70. The van der Waals surface area contributed by atoms with Gasteiger partial charge in [0.1, 0.15) is 0 Å². The summed E-state index contributed by atoms with van der Waals surface area (Å²) in [7, 11) is -3.70. The molecule has 0 radical (unpaired) electrons. The monoisotopic (exact) mass is 400 g/mol. The van der Waals surface area contributed by atoms with E-state index in [0.717, 1.165) is 5.56 Å². The highest BCUT2D eigenvalue weighted by Gasteiger charge is 2.15. The third kappa shape index (κ3) is 6.01. The Morgan fingerprint density at radius 3 is 2.36 bits per heavy atom. The Kier molecular flexibility index (Phi) is 6.84. The zero-order chi connectivity index (χ0) is 18.4. The standard InChI is InChI=1S/C17H18Cl2N2O3S/c1-12(13-4-2-5-14(18)10-13)21-17(22)8-9-20-25(23,24)16-7-3-6-15(19)11-16/h2-7,10-12,20H,8-9H2,1H3,(H,21,22). The summed E-state index contributed by atoms with van der Waals surface area (Å²) in [5, 5.41) is 3.73. The molecule has 0 aromatic heterocycles. The quantitative estimate of drug-likeness (QED) is 0.745. The first-order valence-electron chi connectivity index (χ1n) is 7.58. The molecule has 8 heteroatoms. The lowest BCUT2D eigenvalue weighted by molar-refractivity contribution is -0.121. The summed E-state index contributed by atoms with van der Waals surface area (Å²) in [6.45, 7) is 1.82. The number of hydrogen-bond donors (Lipinski definition) is 2. The molecule has 2 rings (SSSR count). The molecule has 0 bridgehead atoms. The van der Waals surface area contributed by atoms with Gasteiger partial charge in [0.15, 0.2) is 0 Å². The van der Waals surface area contributed by atoms with E-state index < -0.39 is 10.0 Å². The van der Waals surface area contributed by atoms with E-state index in [1.807, 2.05) is 13.0 Å². The van der Waals surface area contributed by atoms with Gasteiger partial charge in [-0.05, 0) is 42.8 Å². The second-order valence-electron chi connectivity index (χ2n) is 5.45. The maximum Gasteiger partial charge on any atom is 0.240 e. The summed E-state index contributed by atoms with van der Waals surface area (Å²) in [6, 6.07) is 12.9. The van der Waals surface area contributed by atoms with E-state index in [4.69, 9.17) is 23.2 Å². The van der Waals surface area contributed by atoms with Crippen molar-refractivity contribution in [2.75, 3.05) is 6.54 Å². The molecular weight excluding hydrogens is 383 g/mol. The van der Waals surface area contributed by atoms with E-state index in [1.165, 1.54) is 12.1 Å². The molecule has 25 heavy (non-hydrogen) atoms. The summed E-state index contributed by atoms with van der Waals surface area (Å²) >= 11 is 11.7. The molecule has 1 atom stereocenters. The molecule has 0 fully saturated rings. The molecular formula is C17H18Cl2N2O3S. The van der Waals surface area contributed by atoms with Crippen LogP contribution in [0.2, 0.25) is 10.0 Å². The topological polar surface area (TPSA) is 75.3 Å². The number of hydrogen-bond acceptors (Lipinski definition) is 3. The number of sulfonamides is 1. The van der Waals surface area contributed by atoms with Gasteiger partial charge in [0.05, 0.1) is 10.9 Å².